The first kappa shape index (κ1) is 13.4. The summed E-state index contributed by atoms with van der Waals surface area (Å²) < 4.78 is 0. The number of fused-ring (bicyclic) bond motifs is 1. The van der Waals surface area contributed by atoms with Gasteiger partial charge in [-0.3, -0.25) is 4.79 Å². The molecule has 2 atom stereocenters. The van der Waals surface area contributed by atoms with E-state index >= 15 is 0 Å². The molecular weight excluding hydrogens is 246 g/mol. The minimum atomic E-state index is -0.779. The Morgan fingerprint density at radius 3 is 3.06 bits per heavy atom. The van der Waals surface area contributed by atoms with E-state index in [2.05, 4.69) is 12.1 Å². The Kier molecular flexibility index (Phi) is 4.30. The molecule has 98 valence electrons. The van der Waals surface area contributed by atoms with Crippen LogP contribution in [-0.4, -0.2) is 16.8 Å². The Bertz CT molecular complexity index is 447. The zero-order valence-electron chi connectivity index (χ0n) is 10.6. The number of aliphatic carboxylic acids is 1. The van der Waals surface area contributed by atoms with E-state index in [0.717, 1.165) is 12.0 Å². The van der Waals surface area contributed by atoms with Crippen molar-refractivity contribution in [1.29, 1.82) is 0 Å². The van der Waals surface area contributed by atoms with Gasteiger partial charge >= 0.3 is 5.97 Å². The second-order valence-corrected chi connectivity index (χ2v) is 6.04. The number of nitrogens with two attached hydrogens (primary N) is 1. The van der Waals surface area contributed by atoms with Gasteiger partial charge in [0.1, 0.15) is 0 Å². The van der Waals surface area contributed by atoms with Crippen LogP contribution in [0.4, 0.5) is 0 Å². The highest BCUT2D eigenvalue weighted by Crippen LogP contribution is 2.32. The quantitative estimate of drug-likeness (QED) is 0.878. The van der Waals surface area contributed by atoms with Crippen molar-refractivity contribution in [2.45, 2.75) is 37.1 Å². The second kappa shape index (κ2) is 5.76. The van der Waals surface area contributed by atoms with E-state index in [9.17, 15) is 4.79 Å². The Labute approximate surface area is 112 Å². The number of carboxylic acid groups (broad SMARTS) is 1. The molecule has 1 heterocycles. The van der Waals surface area contributed by atoms with Crippen molar-refractivity contribution >= 4 is 17.7 Å². The first-order valence-electron chi connectivity index (χ1n) is 6.32. The summed E-state index contributed by atoms with van der Waals surface area (Å²) in [7, 11) is 0. The zero-order chi connectivity index (χ0) is 13.1. The zero-order valence-corrected chi connectivity index (χ0v) is 11.4. The van der Waals surface area contributed by atoms with E-state index in [-0.39, 0.29) is 6.04 Å². The topological polar surface area (TPSA) is 63.3 Å². The largest absolute Gasteiger partial charge is 0.481 e. The molecule has 0 bridgehead atoms. The third kappa shape index (κ3) is 3.06. The molecule has 0 saturated heterocycles. The van der Waals surface area contributed by atoms with E-state index in [1.54, 1.807) is 6.92 Å². The molecule has 0 amide bonds. The van der Waals surface area contributed by atoms with Crippen molar-refractivity contribution in [3.05, 3.63) is 29.3 Å². The van der Waals surface area contributed by atoms with E-state index < -0.39 is 11.9 Å². The van der Waals surface area contributed by atoms with Crippen molar-refractivity contribution in [2.24, 2.45) is 11.7 Å². The summed E-state index contributed by atoms with van der Waals surface area (Å²) in [6.45, 7) is 1.70. The fraction of sp³-hybridized carbons (Fsp3) is 0.500. The maximum atomic E-state index is 10.8. The van der Waals surface area contributed by atoms with Crippen LogP contribution in [0.5, 0.6) is 0 Å². The first-order valence-corrected chi connectivity index (χ1v) is 7.30. The monoisotopic (exact) mass is 265 g/mol. The van der Waals surface area contributed by atoms with Gasteiger partial charge in [-0.1, -0.05) is 19.1 Å². The summed E-state index contributed by atoms with van der Waals surface area (Å²) in [6.07, 6.45) is 2.81. The minimum absolute atomic E-state index is 0.187. The molecule has 1 aromatic rings. The average Bonchev–Trinajstić information content (AvgIpc) is 2.37. The van der Waals surface area contributed by atoms with Crippen LogP contribution in [0.2, 0.25) is 0 Å². The van der Waals surface area contributed by atoms with E-state index in [4.69, 9.17) is 10.8 Å². The van der Waals surface area contributed by atoms with Crippen LogP contribution < -0.4 is 5.73 Å². The van der Waals surface area contributed by atoms with Gasteiger partial charge in [0.25, 0.3) is 0 Å². The van der Waals surface area contributed by atoms with Gasteiger partial charge in [-0.15, -0.1) is 11.8 Å². The summed E-state index contributed by atoms with van der Waals surface area (Å²) in [5.41, 5.74) is 8.52. The third-order valence-electron chi connectivity index (χ3n) is 3.39. The van der Waals surface area contributed by atoms with E-state index in [1.165, 1.54) is 22.6 Å². The molecule has 2 rings (SSSR count). The molecule has 4 heteroatoms. The third-order valence-corrected chi connectivity index (χ3v) is 4.59. The van der Waals surface area contributed by atoms with Gasteiger partial charge < -0.3 is 10.8 Å². The highest BCUT2D eigenvalue weighted by Gasteiger charge is 2.18. The van der Waals surface area contributed by atoms with Gasteiger partial charge in [-0.25, -0.2) is 0 Å². The first-order chi connectivity index (χ1) is 8.58. The number of thioether (sulfide) groups is 1. The Hall–Kier alpha value is -1.00. The van der Waals surface area contributed by atoms with Gasteiger partial charge in [0.2, 0.25) is 0 Å². The van der Waals surface area contributed by atoms with E-state index in [1.807, 2.05) is 17.8 Å². The van der Waals surface area contributed by atoms with Crippen molar-refractivity contribution in [1.82, 2.24) is 0 Å². The number of hydrogen-bond donors (Lipinski definition) is 2. The number of hydrogen-bond acceptors (Lipinski definition) is 3. The van der Waals surface area contributed by atoms with Crippen molar-refractivity contribution in [2.75, 3.05) is 5.75 Å². The molecule has 1 aliphatic rings. The van der Waals surface area contributed by atoms with Gasteiger partial charge in [0.05, 0.1) is 5.92 Å². The smallest absolute Gasteiger partial charge is 0.306 e. The molecule has 0 aliphatic carbocycles. The Morgan fingerprint density at radius 1 is 1.56 bits per heavy atom. The summed E-state index contributed by atoms with van der Waals surface area (Å²) in [4.78, 5) is 12.2. The van der Waals surface area contributed by atoms with Crippen LogP contribution in [0.1, 0.15) is 36.9 Å². The van der Waals surface area contributed by atoms with Gasteiger partial charge in [0.15, 0.2) is 0 Å². The second-order valence-electron chi connectivity index (χ2n) is 4.90. The molecule has 0 radical (unpaired) electrons. The molecular formula is C14H19NO2S. The highest BCUT2D eigenvalue weighted by molar-refractivity contribution is 7.99. The van der Waals surface area contributed by atoms with Crippen LogP contribution in [0.15, 0.2) is 23.1 Å². The van der Waals surface area contributed by atoms with Crippen LogP contribution in [0.25, 0.3) is 0 Å². The molecule has 3 N–H and O–H groups in total. The van der Waals surface area contributed by atoms with Crippen molar-refractivity contribution in [3.8, 4) is 0 Å². The molecule has 0 fully saturated rings. The molecule has 3 nitrogen and oxygen atoms in total. The molecule has 1 aromatic carbocycles. The lowest BCUT2D eigenvalue weighted by atomic mass is 9.94. The normalized spacial score (nSPS) is 17.9. The predicted octanol–water partition coefficient (Wildman–Crippen LogP) is 2.84. The van der Waals surface area contributed by atoms with Crippen LogP contribution in [-0.2, 0) is 11.2 Å². The molecule has 0 saturated carbocycles. The average molecular weight is 265 g/mol. The number of benzene rings is 1. The fourth-order valence-corrected chi connectivity index (χ4v) is 3.25. The maximum Gasteiger partial charge on any atom is 0.306 e. The highest BCUT2D eigenvalue weighted by atomic mass is 32.2. The molecule has 0 aromatic heterocycles. The van der Waals surface area contributed by atoms with Gasteiger partial charge in [0, 0.05) is 10.9 Å². The summed E-state index contributed by atoms with van der Waals surface area (Å²) in [6, 6.07) is 6.13. The van der Waals surface area contributed by atoms with Crippen molar-refractivity contribution in [3.63, 3.8) is 0 Å². The summed E-state index contributed by atoms with van der Waals surface area (Å²) in [5.74, 6) is 0.0124. The number of rotatable bonds is 4. The number of aryl methyl sites for hydroxylation is 1. The lowest BCUT2D eigenvalue weighted by molar-refractivity contribution is -0.141. The van der Waals surface area contributed by atoms with Crippen molar-refractivity contribution < 1.29 is 9.90 Å². The number of carboxylic acids is 1. The predicted molar refractivity (Wildman–Crippen MR) is 73.8 cm³/mol. The lowest BCUT2D eigenvalue weighted by Crippen LogP contribution is -2.19. The van der Waals surface area contributed by atoms with Gasteiger partial charge in [-0.2, -0.15) is 0 Å². The van der Waals surface area contributed by atoms with Crippen LogP contribution in [0, 0.1) is 5.92 Å². The molecule has 2 unspecified atom stereocenters. The maximum absolute atomic E-state index is 10.8. The molecule has 0 spiro atoms. The van der Waals surface area contributed by atoms with Gasteiger partial charge in [-0.05, 0) is 42.2 Å². The van der Waals surface area contributed by atoms with Crippen LogP contribution in [0.3, 0.4) is 0 Å². The lowest BCUT2D eigenvalue weighted by Gasteiger charge is -2.19. The van der Waals surface area contributed by atoms with E-state index in [0.29, 0.717) is 6.42 Å². The molecule has 1 aliphatic heterocycles. The minimum Gasteiger partial charge on any atom is -0.481 e. The standard InChI is InChI=1S/C14H19NO2S/c1-9(14(16)17)7-12(15)10-4-5-13-11(8-10)3-2-6-18-13/h4-5,8-9,12H,2-3,6-7,15H2,1H3,(H,16,17). The fourth-order valence-electron chi connectivity index (χ4n) is 2.23. The summed E-state index contributed by atoms with van der Waals surface area (Å²) >= 11 is 1.89. The summed E-state index contributed by atoms with van der Waals surface area (Å²) in [5, 5.41) is 8.91. The van der Waals surface area contributed by atoms with Crippen LogP contribution >= 0.6 is 11.8 Å². The Balaban J connectivity index is 2.11. The SMILES string of the molecule is CC(CC(N)c1ccc2c(c1)CCCS2)C(=O)O. The number of carbonyl (C=O) groups is 1. The molecule has 18 heavy (non-hydrogen) atoms. The Morgan fingerprint density at radius 2 is 2.33 bits per heavy atom.